The summed E-state index contributed by atoms with van der Waals surface area (Å²) in [6.07, 6.45) is 0.218. The summed E-state index contributed by atoms with van der Waals surface area (Å²) in [6, 6.07) is 9.29. The lowest BCUT2D eigenvalue weighted by molar-refractivity contribution is 1.39. The molecule has 0 atom stereocenters. The third-order valence-electron chi connectivity index (χ3n) is 1.46. The molecule has 0 fully saturated rings. The van der Waals surface area contributed by atoms with Crippen LogP contribution in [-0.2, 0) is 0 Å². The second-order valence-corrected chi connectivity index (χ2v) is 2.54. The van der Waals surface area contributed by atoms with Gasteiger partial charge in [-0.3, -0.25) is 0 Å². The van der Waals surface area contributed by atoms with Crippen LogP contribution in [0.5, 0.6) is 0 Å². The van der Waals surface area contributed by atoms with E-state index >= 15 is 0 Å². The SMILES string of the molecule is N#CCC#Cc1ccccc1N=C=S. The molecule has 0 amide bonds. The maximum atomic E-state index is 8.31. The minimum Gasteiger partial charge on any atom is -0.197 e. The summed E-state index contributed by atoms with van der Waals surface area (Å²) >= 11 is 4.51. The first-order chi connectivity index (χ1) is 6.88. The summed E-state index contributed by atoms with van der Waals surface area (Å²) in [5.74, 6) is 5.56. The molecule has 0 aromatic heterocycles. The van der Waals surface area contributed by atoms with Gasteiger partial charge in [-0.05, 0) is 24.4 Å². The van der Waals surface area contributed by atoms with E-state index in [4.69, 9.17) is 5.26 Å². The van der Waals surface area contributed by atoms with Gasteiger partial charge in [-0.2, -0.15) is 10.3 Å². The first-order valence-electron chi connectivity index (χ1n) is 3.91. The van der Waals surface area contributed by atoms with Gasteiger partial charge in [0.15, 0.2) is 0 Å². The number of nitrogens with zero attached hydrogens (tertiary/aromatic N) is 2. The largest absolute Gasteiger partial charge is 0.197 e. The van der Waals surface area contributed by atoms with Gasteiger partial charge in [-0.1, -0.05) is 24.0 Å². The van der Waals surface area contributed by atoms with Crippen LogP contribution in [-0.4, -0.2) is 5.16 Å². The van der Waals surface area contributed by atoms with Crippen LogP contribution in [0.1, 0.15) is 12.0 Å². The Labute approximate surface area is 87.9 Å². The first kappa shape index (κ1) is 10.2. The van der Waals surface area contributed by atoms with Crippen molar-refractivity contribution in [3.8, 4) is 17.9 Å². The fraction of sp³-hybridized carbons (Fsp3) is 0.0909. The molecule has 0 saturated carbocycles. The minimum atomic E-state index is 0.218. The van der Waals surface area contributed by atoms with E-state index in [1.165, 1.54) is 0 Å². The number of hydrogen-bond donors (Lipinski definition) is 0. The number of isothiocyanates is 1. The summed E-state index contributed by atoms with van der Waals surface area (Å²) in [6.45, 7) is 0. The Kier molecular flexibility index (Phi) is 4.11. The molecule has 0 aliphatic rings. The molecule has 0 spiro atoms. The number of hydrogen-bond acceptors (Lipinski definition) is 3. The summed E-state index contributed by atoms with van der Waals surface area (Å²) in [5, 5.41) is 10.6. The lowest BCUT2D eigenvalue weighted by Gasteiger charge is -1.93. The van der Waals surface area contributed by atoms with Gasteiger partial charge in [0.25, 0.3) is 0 Å². The van der Waals surface area contributed by atoms with Crippen molar-refractivity contribution in [2.75, 3.05) is 0 Å². The van der Waals surface area contributed by atoms with Gasteiger partial charge >= 0.3 is 0 Å². The van der Waals surface area contributed by atoms with Crippen LogP contribution >= 0.6 is 12.2 Å². The summed E-state index contributed by atoms with van der Waals surface area (Å²) in [7, 11) is 0. The lowest BCUT2D eigenvalue weighted by atomic mass is 10.2. The number of aliphatic imine (C=N–C) groups is 1. The standard InChI is InChI=1S/C11H6N2S/c12-8-4-3-6-10-5-1-2-7-11(10)13-9-14/h1-2,5,7H,4H2. The van der Waals surface area contributed by atoms with Gasteiger partial charge in [-0.15, -0.1) is 0 Å². The predicted octanol–water partition coefficient (Wildman–Crippen LogP) is 2.69. The van der Waals surface area contributed by atoms with Crippen molar-refractivity contribution in [2.24, 2.45) is 4.99 Å². The van der Waals surface area contributed by atoms with Gasteiger partial charge < -0.3 is 0 Å². The van der Waals surface area contributed by atoms with Crippen molar-refractivity contribution in [1.82, 2.24) is 0 Å². The molecule has 2 nitrogen and oxygen atoms in total. The fourth-order valence-electron chi connectivity index (χ4n) is 0.905. The minimum absolute atomic E-state index is 0.218. The molecule has 0 unspecified atom stereocenters. The van der Waals surface area contributed by atoms with Gasteiger partial charge in [0.05, 0.1) is 28.9 Å². The number of benzene rings is 1. The molecule has 1 rings (SSSR count). The molecule has 66 valence electrons. The lowest BCUT2D eigenvalue weighted by Crippen LogP contribution is -1.74. The van der Waals surface area contributed by atoms with E-state index in [-0.39, 0.29) is 6.42 Å². The molecule has 3 heteroatoms. The molecule has 0 saturated heterocycles. The molecule has 1 aromatic rings. The Morgan fingerprint density at radius 1 is 1.36 bits per heavy atom. The average molecular weight is 198 g/mol. The van der Waals surface area contributed by atoms with Gasteiger partial charge in [0.2, 0.25) is 0 Å². The van der Waals surface area contributed by atoms with Gasteiger partial charge in [0.1, 0.15) is 0 Å². The number of nitriles is 1. The van der Waals surface area contributed by atoms with Crippen LogP contribution < -0.4 is 0 Å². The van der Waals surface area contributed by atoms with Crippen LogP contribution in [0.4, 0.5) is 5.69 Å². The second kappa shape index (κ2) is 5.67. The Balaban J connectivity index is 3.04. The highest BCUT2D eigenvalue weighted by Crippen LogP contribution is 2.16. The molecule has 0 heterocycles. The van der Waals surface area contributed by atoms with Crippen LogP contribution in [0.25, 0.3) is 0 Å². The van der Waals surface area contributed by atoms with Crippen molar-refractivity contribution in [3.63, 3.8) is 0 Å². The van der Waals surface area contributed by atoms with Crippen molar-refractivity contribution in [1.29, 1.82) is 5.26 Å². The third kappa shape index (κ3) is 2.84. The Hall–Kier alpha value is -1.93. The monoisotopic (exact) mass is 198 g/mol. The van der Waals surface area contributed by atoms with Gasteiger partial charge in [0, 0.05) is 0 Å². The zero-order chi connectivity index (χ0) is 10.2. The van der Waals surface area contributed by atoms with E-state index in [1.807, 2.05) is 24.3 Å². The van der Waals surface area contributed by atoms with Crippen LogP contribution in [0.2, 0.25) is 0 Å². The number of para-hydroxylation sites is 1. The van der Waals surface area contributed by atoms with E-state index in [0.717, 1.165) is 5.56 Å². The normalized spacial score (nSPS) is 7.64. The highest BCUT2D eigenvalue weighted by Gasteiger charge is 1.94. The van der Waals surface area contributed by atoms with E-state index in [2.05, 4.69) is 34.2 Å². The molecule has 0 bridgehead atoms. The second-order valence-electron chi connectivity index (χ2n) is 2.36. The molecule has 0 N–H and O–H groups in total. The molecule has 14 heavy (non-hydrogen) atoms. The Bertz CT molecular complexity index is 468. The zero-order valence-electron chi connectivity index (χ0n) is 7.32. The van der Waals surface area contributed by atoms with Crippen LogP contribution in [0.15, 0.2) is 29.3 Å². The third-order valence-corrected chi connectivity index (χ3v) is 1.55. The zero-order valence-corrected chi connectivity index (χ0v) is 8.14. The summed E-state index contributed by atoms with van der Waals surface area (Å²) in [5.41, 5.74) is 1.45. The molecule has 0 aliphatic heterocycles. The fourth-order valence-corrected chi connectivity index (χ4v) is 1.00. The molecular formula is C11H6N2S. The van der Waals surface area contributed by atoms with E-state index < -0.39 is 0 Å². The van der Waals surface area contributed by atoms with Gasteiger partial charge in [-0.25, -0.2) is 0 Å². The molecule has 0 radical (unpaired) electrons. The highest BCUT2D eigenvalue weighted by atomic mass is 32.1. The quantitative estimate of drug-likeness (QED) is 0.395. The van der Waals surface area contributed by atoms with E-state index in [1.54, 1.807) is 6.07 Å². The Morgan fingerprint density at radius 2 is 2.14 bits per heavy atom. The molecule has 0 aliphatic carbocycles. The van der Waals surface area contributed by atoms with E-state index in [0.29, 0.717) is 5.69 Å². The Morgan fingerprint density at radius 3 is 2.86 bits per heavy atom. The number of rotatable bonds is 1. The maximum absolute atomic E-state index is 8.31. The summed E-state index contributed by atoms with van der Waals surface area (Å²) in [4.78, 5) is 3.86. The van der Waals surface area contributed by atoms with Crippen molar-refractivity contribution in [2.45, 2.75) is 6.42 Å². The molecular weight excluding hydrogens is 192 g/mol. The topological polar surface area (TPSA) is 36.1 Å². The highest BCUT2D eigenvalue weighted by molar-refractivity contribution is 7.78. The van der Waals surface area contributed by atoms with Crippen molar-refractivity contribution in [3.05, 3.63) is 29.8 Å². The van der Waals surface area contributed by atoms with E-state index in [9.17, 15) is 0 Å². The van der Waals surface area contributed by atoms with Crippen molar-refractivity contribution >= 4 is 23.1 Å². The predicted molar refractivity (Wildman–Crippen MR) is 58.2 cm³/mol. The van der Waals surface area contributed by atoms with Crippen molar-refractivity contribution < 1.29 is 0 Å². The smallest absolute Gasteiger partial charge is 0.0966 e. The average Bonchev–Trinajstić information content (AvgIpc) is 2.21. The summed E-state index contributed by atoms with van der Waals surface area (Å²) < 4.78 is 0. The molecule has 1 aromatic carbocycles. The first-order valence-corrected chi connectivity index (χ1v) is 4.32. The maximum Gasteiger partial charge on any atom is 0.0966 e. The number of thiocarbonyl (C=S) groups is 1. The van der Waals surface area contributed by atoms with Crippen LogP contribution in [0.3, 0.4) is 0 Å². The van der Waals surface area contributed by atoms with Crippen LogP contribution in [0, 0.1) is 23.2 Å².